The molecule has 0 radical (unpaired) electrons. The van der Waals surface area contributed by atoms with Crippen LogP contribution in [-0.4, -0.2) is 9.78 Å². The fourth-order valence-electron chi connectivity index (χ4n) is 1.78. The van der Waals surface area contributed by atoms with Gasteiger partial charge in [0.1, 0.15) is 4.60 Å². The summed E-state index contributed by atoms with van der Waals surface area (Å²) in [5.41, 5.74) is 7.98. The number of rotatable bonds is 2. The van der Waals surface area contributed by atoms with Gasteiger partial charge in [-0.15, -0.1) is 0 Å². The molecule has 1 heterocycles. The molecule has 80 valence electrons. The van der Waals surface area contributed by atoms with Crippen LogP contribution in [0.3, 0.4) is 0 Å². The Morgan fingerprint density at radius 1 is 1.47 bits per heavy atom. The SMILES string of the molecule is CC(C)n1nc(Br)c2c(CN)cccc21. The van der Waals surface area contributed by atoms with Crippen molar-refractivity contribution in [1.82, 2.24) is 9.78 Å². The van der Waals surface area contributed by atoms with Gasteiger partial charge in [0.2, 0.25) is 0 Å². The van der Waals surface area contributed by atoms with E-state index in [0.717, 1.165) is 21.1 Å². The van der Waals surface area contributed by atoms with Crippen LogP contribution in [0, 0.1) is 0 Å². The Morgan fingerprint density at radius 2 is 2.20 bits per heavy atom. The van der Waals surface area contributed by atoms with E-state index in [1.54, 1.807) is 0 Å². The van der Waals surface area contributed by atoms with E-state index in [4.69, 9.17) is 5.73 Å². The minimum Gasteiger partial charge on any atom is -0.326 e. The summed E-state index contributed by atoms with van der Waals surface area (Å²) >= 11 is 3.49. The number of hydrogen-bond acceptors (Lipinski definition) is 2. The molecule has 0 aliphatic carbocycles. The third kappa shape index (κ3) is 1.68. The van der Waals surface area contributed by atoms with E-state index in [9.17, 15) is 0 Å². The van der Waals surface area contributed by atoms with Gasteiger partial charge in [-0.05, 0) is 41.4 Å². The van der Waals surface area contributed by atoms with E-state index >= 15 is 0 Å². The van der Waals surface area contributed by atoms with Crippen LogP contribution in [0.1, 0.15) is 25.5 Å². The molecule has 1 aromatic carbocycles. The topological polar surface area (TPSA) is 43.8 Å². The first-order valence-corrected chi connectivity index (χ1v) is 5.80. The summed E-state index contributed by atoms with van der Waals surface area (Å²) in [6.07, 6.45) is 0. The van der Waals surface area contributed by atoms with E-state index in [1.165, 1.54) is 0 Å². The molecular weight excluding hydrogens is 254 g/mol. The fourth-order valence-corrected chi connectivity index (χ4v) is 2.41. The van der Waals surface area contributed by atoms with Crippen LogP contribution in [0.2, 0.25) is 0 Å². The van der Waals surface area contributed by atoms with Gasteiger partial charge in [0.05, 0.1) is 5.52 Å². The quantitative estimate of drug-likeness (QED) is 0.910. The second-order valence-corrected chi connectivity index (χ2v) is 4.60. The molecule has 0 aliphatic heterocycles. The van der Waals surface area contributed by atoms with Gasteiger partial charge >= 0.3 is 0 Å². The smallest absolute Gasteiger partial charge is 0.136 e. The van der Waals surface area contributed by atoms with E-state index in [2.05, 4.69) is 40.9 Å². The highest BCUT2D eigenvalue weighted by Crippen LogP contribution is 2.28. The van der Waals surface area contributed by atoms with Gasteiger partial charge in [0.25, 0.3) is 0 Å². The molecule has 0 amide bonds. The van der Waals surface area contributed by atoms with Crippen molar-refractivity contribution in [3.8, 4) is 0 Å². The maximum atomic E-state index is 5.71. The van der Waals surface area contributed by atoms with Crippen molar-refractivity contribution in [3.05, 3.63) is 28.4 Å². The Labute approximate surface area is 97.4 Å². The molecule has 2 rings (SSSR count). The number of aromatic nitrogens is 2. The van der Waals surface area contributed by atoms with Crippen molar-refractivity contribution in [1.29, 1.82) is 0 Å². The number of halogens is 1. The van der Waals surface area contributed by atoms with Crippen molar-refractivity contribution < 1.29 is 0 Å². The molecule has 3 nitrogen and oxygen atoms in total. The minimum absolute atomic E-state index is 0.354. The zero-order valence-corrected chi connectivity index (χ0v) is 10.5. The Hall–Kier alpha value is -0.870. The summed E-state index contributed by atoms with van der Waals surface area (Å²) in [6, 6.07) is 6.50. The Kier molecular flexibility index (Phi) is 2.80. The molecule has 1 aromatic heterocycles. The summed E-state index contributed by atoms with van der Waals surface area (Å²) < 4.78 is 2.89. The highest BCUT2D eigenvalue weighted by atomic mass is 79.9. The fraction of sp³-hybridized carbons (Fsp3) is 0.364. The summed E-state index contributed by atoms with van der Waals surface area (Å²) in [6.45, 7) is 4.78. The highest BCUT2D eigenvalue weighted by molar-refractivity contribution is 9.10. The first-order chi connectivity index (χ1) is 7.15. The average molecular weight is 268 g/mol. The second-order valence-electron chi connectivity index (χ2n) is 3.84. The molecular formula is C11H14BrN3. The molecule has 0 atom stereocenters. The first kappa shape index (κ1) is 10.6. The zero-order valence-electron chi connectivity index (χ0n) is 8.87. The molecule has 15 heavy (non-hydrogen) atoms. The lowest BCUT2D eigenvalue weighted by atomic mass is 10.1. The number of hydrogen-bond donors (Lipinski definition) is 1. The van der Waals surface area contributed by atoms with Gasteiger partial charge in [-0.3, -0.25) is 4.68 Å². The van der Waals surface area contributed by atoms with Crippen LogP contribution in [0.15, 0.2) is 22.8 Å². The molecule has 0 spiro atoms. The lowest BCUT2D eigenvalue weighted by molar-refractivity contribution is 0.548. The van der Waals surface area contributed by atoms with E-state index in [1.807, 2.05) is 16.8 Å². The summed E-state index contributed by atoms with van der Waals surface area (Å²) in [7, 11) is 0. The largest absolute Gasteiger partial charge is 0.326 e. The maximum absolute atomic E-state index is 5.71. The second kappa shape index (κ2) is 3.94. The van der Waals surface area contributed by atoms with Crippen molar-refractivity contribution in [2.24, 2.45) is 5.73 Å². The van der Waals surface area contributed by atoms with Gasteiger partial charge in [0.15, 0.2) is 0 Å². The van der Waals surface area contributed by atoms with Crippen LogP contribution in [-0.2, 0) is 6.54 Å². The molecule has 2 aromatic rings. The number of nitrogens with two attached hydrogens (primary N) is 1. The molecule has 0 bridgehead atoms. The molecule has 0 unspecified atom stereocenters. The normalized spacial score (nSPS) is 11.5. The number of nitrogens with zero attached hydrogens (tertiary/aromatic N) is 2. The van der Waals surface area contributed by atoms with E-state index in [-0.39, 0.29) is 0 Å². The van der Waals surface area contributed by atoms with Crippen molar-refractivity contribution in [3.63, 3.8) is 0 Å². The standard InChI is InChI=1S/C11H14BrN3/c1-7(2)15-9-5-3-4-8(6-13)10(9)11(12)14-15/h3-5,7H,6,13H2,1-2H3. The first-order valence-electron chi connectivity index (χ1n) is 5.00. The Balaban J connectivity index is 2.79. The maximum Gasteiger partial charge on any atom is 0.136 e. The number of benzene rings is 1. The third-order valence-corrected chi connectivity index (χ3v) is 3.04. The summed E-state index contributed by atoms with van der Waals surface area (Å²) in [4.78, 5) is 0. The van der Waals surface area contributed by atoms with E-state index < -0.39 is 0 Å². The molecule has 0 aliphatic rings. The van der Waals surface area contributed by atoms with Crippen LogP contribution in [0.4, 0.5) is 0 Å². The predicted octanol–water partition coefficient (Wildman–Crippen LogP) is 2.84. The molecule has 0 saturated carbocycles. The molecule has 2 N–H and O–H groups in total. The van der Waals surface area contributed by atoms with Crippen LogP contribution in [0.25, 0.3) is 10.9 Å². The molecule has 4 heteroatoms. The van der Waals surface area contributed by atoms with Crippen molar-refractivity contribution in [2.45, 2.75) is 26.4 Å². The lowest BCUT2D eigenvalue weighted by Crippen LogP contribution is -2.02. The summed E-state index contributed by atoms with van der Waals surface area (Å²) in [5, 5.41) is 5.61. The summed E-state index contributed by atoms with van der Waals surface area (Å²) in [5.74, 6) is 0. The molecule has 0 fully saturated rings. The number of fused-ring (bicyclic) bond motifs is 1. The van der Waals surface area contributed by atoms with Crippen LogP contribution < -0.4 is 5.73 Å². The zero-order chi connectivity index (χ0) is 11.0. The minimum atomic E-state index is 0.354. The van der Waals surface area contributed by atoms with Gasteiger partial charge in [-0.25, -0.2) is 0 Å². The highest BCUT2D eigenvalue weighted by Gasteiger charge is 2.12. The monoisotopic (exact) mass is 267 g/mol. The Morgan fingerprint density at radius 3 is 2.80 bits per heavy atom. The van der Waals surface area contributed by atoms with Crippen molar-refractivity contribution in [2.75, 3.05) is 0 Å². The van der Waals surface area contributed by atoms with Crippen LogP contribution >= 0.6 is 15.9 Å². The van der Waals surface area contributed by atoms with Gasteiger partial charge in [0, 0.05) is 18.0 Å². The predicted molar refractivity (Wildman–Crippen MR) is 65.7 cm³/mol. The lowest BCUT2D eigenvalue weighted by Gasteiger charge is -2.07. The van der Waals surface area contributed by atoms with Gasteiger partial charge in [-0.2, -0.15) is 5.10 Å². The van der Waals surface area contributed by atoms with Gasteiger partial charge in [-0.1, -0.05) is 12.1 Å². The average Bonchev–Trinajstić information content (AvgIpc) is 2.56. The van der Waals surface area contributed by atoms with Gasteiger partial charge < -0.3 is 5.73 Å². The molecule has 0 saturated heterocycles. The van der Waals surface area contributed by atoms with Crippen LogP contribution in [0.5, 0.6) is 0 Å². The van der Waals surface area contributed by atoms with Crippen molar-refractivity contribution >= 4 is 26.8 Å². The Bertz CT molecular complexity index is 488. The van der Waals surface area contributed by atoms with E-state index in [0.29, 0.717) is 12.6 Å². The third-order valence-electron chi connectivity index (χ3n) is 2.49.